The number of halogens is 2. The first-order valence-electron chi connectivity index (χ1n) is 4.00. The summed E-state index contributed by atoms with van der Waals surface area (Å²) in [5.41, 5.74) is 0.946. The number of hydrogen-bond acceptors (Lipinski definition) is 2. The van der Waals surface area contributed by atoms with Gasteiger partial charge in [-0.25, -0.2) is 8.42 Å². The molecule has 0 fully saturated rings. The molecule has 0 bridgehead atoms. The summed E-state index contributed by atoms with van der Waals surface area (Å²) < 4.78 is 22.4. The van der Waals surface area contributed by atoms with Gasteiger partial charge in [0.05, 0.1) is 10.6 Å². The molecule has 1 atom stereocenters. The van der Waals surface area contributed by atoms with E-state index in [9.17, 15) is 8.42 Å². The van der Waals surface area contributed by atoms with Crippen LogP contribution in [-0.2, 0) is 9.84 Å². The summed E-state index contributed by atoms with van der Waals surface area (Å²) in [6.07, 6.45) is 0. The Morgan fingerprint density at radius 3 is 2.36 bits per heavy atom. The molecule has 1 rings (SSSR count). The van der Waals surface area contributed by atoms with Gasteiger partial charge in [-0.2, -0.15) is 0 Å². The van der Waals surface area contributed by atoms with Crippen molar-refractivity contribution in [2.75, 3.05) is 11.0 Å². The Morgan fingerprint density at radius 2 is 1.86 bits per heavy atom. The minimum atomic E-state index is -3.15. The molecule has 0 aliphatic heterocycles. The summed E-state index contributed by atoms with van der Waals surface area (Å²) in [4.78, 5) is -0.188. The molecule has 0 N–H and O–H groups in total. The molecule has 78 valence electrons. The SMILES string of the molecule is O=S(=O)(CCl)CC(Br)c1ccccc1. The van der Waals surface area contributed by atoms with E-state index < -0.39 is 9.84 Å². The van der Waals surface area contributed by atoms with Gasteiger partial charge in [0, 0.05) is 0 Å². The summed E-state index contributed by atoms with van der Waals surface area (Å²) >= 11 is 8.64. The second-order valence-corrected chi connectivity index (χ2v) is 6.70. The molecule has 0 radical (unpaired) electrons. The van der Waals surface area contributed by atoms with Crippen molar-refractivity contribution in [1.82, 2.24) is 0 Å². The van der Waals surface area contributed by atoms with Crippen LogP contribution < -0.4 is 0 Å². The van der Waals surface area contributed by atoms with Crippen molar-refractivity contribution in [1.29, 1.82) is 0 Å². The van der Waals surface area contributed by atoms with Gasteiger partial charge in [-0.15, -0.1) is 11.6 Å². The first-order valence-corrected chi connectivity index (χ1v) is 7.28. The molecule has 5 heteroatoms. The molecule has 1 aromatic rings. The fourth-order valence-corrected chi connectivity index (χ4v) is 3.53. The average molecular weight is 298 g/mol. The lowest BCUT2D eigenvalue weighted by Gasteiger charge is -2.08. The first kappa shape index (κ1) is 12.0. The van der Waals surface area contributed by atoms with Crippen LogP contribution in [-0.4, -0.2) is 19.4 Å². The van der Waals surface area contributed by atoms with Crippen LogP contribution in [0.25, 0.3) is 0 Å². The van der Waals surface area contributed by atoms with E-state index >= 15 is 0 Å². The van der Waals surface area contributed by atoms with Gasteiger partial charge in [0.1, 0.15) is 5.21 Å². The van der Waals surface area contributed by atoms with Crippen molar-refractivity contribution in [2.45, 2.75) is 4.83 Å². The minimum absolute atomic E-state index is 0.0283. The van der Waals surface area contributed by atoms with Crippen LogP contribution in [0.2, 0.25) is 0 Å². The second kappa shape index (κ2) is 5.14. The molecule has 0 amide bonds. The normalized spacial score (nSPS) is 13.9. The molecule has 0 aromatic heterocycles. The van der Waals surface area contributed by atoms with Gasteiger partial charge in [0.25, 0.3) is 0 Å². The van der Waals surface area contributed by atoms with Crippen molar-refractivity contribution in [2.24, 2.45) is 0 Å². The monoisotopic (exact) mass is 296 g/mol. The Kier molecular flexibility index (Phi) is 4.41. The topological polar surface area (TPSA) is 34.1 Å². The van der Waals surface area contributed by atoms with Crippen LogP contribution in [0.1, 0.15) is 10.4 Å². The van der Waals surface area contributed by atoms with Crippen LogP contribution in [0.3, 0.4) is 0 Å². The maximum absolute atomic E-state index is 11.2. The summed E-state index contributed by atoms with van der Waals surface area (Å²) in [5, 5.41) is -0.331. The lowest BCUT2D eigenvalue weighted by Crippen LogP contribution is -2.11. The van der Waals surface area contributed by atoms with Gasteiger partial charge in [0.2, 0.25) is 0 Å². The molecule has 2 nitrogen and oxygen atoms in total. The molecule has 1 aromatic carbocycles. The van der Waals surface area contributed by atoms with E-state index in [1.807, 2.05) is 30.3 Å². The van der Waals surface area contributed by atoms with Gasteiger partial charge < -0.3 is 0 Å². The minimum Gasteiger partial charge on any atom is -0.228 e. The van der Waals surface area contributed by atoms with Crippen LogP contribution >= 0.6 is 27.5 Å². The smallest absolute Gasteiger partial charge is 0.165 e. The third-order valence-electron chi connectivity index (χ3n) is 1.73. The molecule has 0 heterocycles. The third-order valence-corrected chi connectivity index (χ3v) is 5.18. The zero-order chi connectivity index (χ0) is 10.6. The summed E-state index contributed by atoms with van der Waals surface area (Å²) in [5.74, 6) is 0.0283. The van der Waals surface area contributed by atoms with E-state index in [0.717, 1.165) is 5.56 Å². The van der Waals surface area contributed by atoms with E-state index in [2.05, 4.69) is 15.9 Å². The Bertz CT molecular complexity index is 377. The Morgan fingerprint density at radius 1 is 1.29 bits per heavy atom. The summed E-state index contributed by atoms with van der Waals surface area (Å²) in [7, 11) is -3.15. The number of hydrogen-bond donors (Lipinski definition) is 0. The average Bonchev–Trinajstić information content (AvgIpc) is 2.19. The molecule has 0 saturated carbocycles. The van der Waals surface area contributed by atoms with Crippen molar-refractivity contribution in [3.8, 4) is 0 Å². The van der Waals surface area contributed by atoms with E-state index in [4.69, 9.17) is 11.6 Å². The molecule has 0 aliphatic rings. The highest BCUT2D eigenvalue weighted by Crippen LogP contribution is 2.24. The van der Waals surface area contributed by atoms with Crippen molar-refractivity contribution < 1.29 is 8.42 Å². The maximum atomic E-state index is 11.2. The highest BCUT2D eigenvalue weighted by atomic mass is 79.9. The van der Waals surface area contributed by atoms with Gasteiger partial charge in [-0.1, -0.05) is 46.3 Å². The zero-order valence-electron chi connectivity index (χ0n) is 7.36. The highest BCUT2D eigenvalue weighted by Gasteiger charge is 2.16. The zero-order valence-corrected chi connectivity index (χ0v) is 10.5. The Hall–Kier alpha value is -0.0600. The van der Waals surface area contributed by atoms with Crippen LogP contribution in [0.15, 0.2) is 30.3 Å². The molecule has 0 aliphatic carbocycles. The van der Waals surface area contributed by atoms with Crippen LogP contribution in [0, 0.1) is 0 Å². The molecular weight excluding hydrogens is 288 g/mol. The lowest BCUT2D eigenvalue weighted by atomic mass is 10.2. The fourth-order valence-electron chi connectivity index (χ4n) is 1.03. The highest BCUT2D eigenvalue weighted by molar-refractivity contribution is 9.09. The number of alkyl halides is 2. The molecule has 1 unspecified atom stereocenters. The van der Waals surface area contributed by atoms with Crippen molar-refractivity contribution in [3.05, 3.63) is 35.9 Å². The Balaban J connectivity index is 2.74. The molecular formula is C9H10BrClO2S. The second-order valence-electron chi connectivity index (χ2n) is 2.90. The van der Waals surface area contributed by atoms with Crippen molar-refractivity contribution in [3.63, 3.8) is 0 Å². The van der Waals surface area contributed by atoms with Gasteiger partial charge in [-0.3, -0.25) is 0 Å². The van der Waals surface area contributed by atoms with E-state index in [1.165, 1.54) is 0 Å². The Labute approximate surface area is 97.3 Å². The van der Waals surface area contributed by atoms with Crippen LogP contribution in [0.5, 0.6) is 0 Å². The molecule has 0 saturated heterocycles. The molecule has 14 heavy (non-hydrogen) atoms. The van der Waals surface area contributed by atoms with Gasteiger partial charge >= 0.3 is 0 Å². The summed E-state index contributed by atoms with van der Waals surface area (Å²) in [6.45, 7) is 0. The largest absolute Gasteiger partial charge is 0.228 e. The third kappa shape index (κ3) is 3.59. The van der Waals surface area contributed by atoms with E-state index in [-0.39, 0.29) is 15.8 Å². The first-order chi connectivity index (χ1) is 6.55. The maximum Gasteiger partial charge on any atom is 0.165 e. The number of rotatable bonds is 4. The predicted molar refractivity (Wildman–Crippen MR) is 62.6 cm³/mol. The fraction of sp³-hybridized carbons (Fsp3) is 0.333. The molecule has 0 spiro atoms. The predicted octanol–water partition coefficient (Wildman–Crippen LogP) is 2.73. The van der Waals surface area contributed by atoms with Crippen LogP contribution in [0.4, 0.5) is 0 Å². The van der Waals surface area contributed by atoms with Crippen molar-refractivity contribution >= 4 is 37.4 Å². The van der Waals surface area contributed by atoms with Gasteiger partial charge in [0.15, 0.2) is 9.84 Å². The number of benzene rings is 1. The quantitative estimate of drug-likeness (QED) is 0.801. The van der Waals surface area contributed by atoms with E-state index in [0.29, 0.717) is 0 Å². The van der Waals surface area contributed by atoms with Gasteiger partial charge in [-0.05, 0) is 5.56 Å². The standard InChI is InChI=1S/C9H10BrClO2S/c10-9(6-14(12,13)7-11)8-4-2-1-3-5-8/h1-5,9H,6-7H2. The summed E-state index contributed by atoms with van der Waals surface area (Å²) in [6, 6.07) is 9.39. The lowest BCUT2D eigenvalue weighted by molar-refractivity contribution is 0.599. The van der Waals surface area contributed by atoms with E-state index in [1.54, 1.807) is 0 Å². The number of sulfone groups is 1.